The molecule has 0 bridgehead atoms. The van der Waals surface area contributed by atoms with Crippen molar-refractivity contribution in [2.75, 3.05) is 19.6 Å². The molecule has 1 amide bonds. The zero-order valence-electron chi connectivity index (χ0n) is 16.8. The number of para-hydroxylation sites is 1. The third-order valence-corrected chi connectivity index (χ3v) is 5.18. The predicted octanol–water partition coefficient (Wildman–Crippen LogP) is 3.25. The molecule has 1 aromatic rings. The predicted molar refractivity (Wildman–Crippen MR) is 104 cm³/mol. The summed E-state index contributed by atoms with van der Waals surface area (Å²) in [5.41, 5.74) is 0.365. The van der Waals surface area contributed by atoms with Gasteiger partial charge in [-0.3, -0.25) is 0 Å². The molecule has 3 rings (SSSR count). The number of fused-ring (bicyclic) bond motifs is 1. The number of hydrogen-bond acceptors (Lipinski definition) is 5. The Balaban J connectivity index is 1.69. The summed E-state index contributed by atoms with van der Waals surface area (Å²) in [5.74, 6) is 0.901. The second kappa shape index (κ2) is 7.68. The fourth-order valence-corrected chi connectivity index (χ4v) is 3.84. The number of likely N-dealkylation sites (tertiary alicyclic amines) is 1. The van der Waals surface area contributed by atoms with Gasteiger partial charge in [0.2, 0.25) is 0 Å². The Hall–Kier alpha value is -1.79. The lowest BCUT2D eigenvalue weighted by Gasteiger charge is -2.47. The summed E-state index contributed by atoms with van der Waals surface area (Å²) in [6.07, 6.45) is 1.72. The zero-order chi connectivity index (χ0) is 19.7. The van der Waals surface area contributed by atoms with Crippen LogP contribution in [0.25, 0.3) is 0 Å². The number of nitrogens with one attached hydrogen (secondary N) is 1. The lowest BCUT2D eigenvalue weighted by atomic mass is 9.80. The Labute approximate surface area is 161 Å². The molecule has 2 heterocycles. The number of ether oxygens (including phenoxy) is 2. The minimum absolute atomic E-state index is 0.137. The fourth-order valence-electron chi connectivity index (χ4n) is 3.84. The third kappa shape index (κ3) is 4.93. The number of hydrogen-bond donors (Lipinski definition) is 2. The van der Waals surface area contributed by atoms with E-state index in [1.54, 1.807) is 11.8 Å². The molecule has 2 N–H and O–H groups in total. The molecule has 1 spiro atoms. The molecule has 6 heteroatoms. The van der Waals surface area contributed by atoms with Crippen molar-refractivity contribution in [1.29, 1.82) is 0 Å². The van der Waals surface area contributed by atoms with E-state index in [9.17, 15) is 9.90 Å². The number of aliphatic hydroxyl groups excluding tert-OH is 1. The number of carbonyl (C=O) groups is 1. The first-order chi connectivity index (χ1) is 12.7. The summed E-state index contributed by atoms with van der Waals surface area (Å²) in [6, 6.07) is 8.23. The summed E-state index contributed by atoms with van der Waals surface area (Å²) in [7, 11) is 0. The van der Waals surface area contributed by atoms with Crippen LogP contribution in [0.2, 0.25) is 0 Å². The van der Waals surface area contributed by atoms with Crippen LogP contribution in [-0.4, -0.2) is 53.0 Å². The number of rotatable bonds is 3. The van der Waals surface area contributed by atoms with Crippen molar-refractivity contribution in [3.63, 3.8) is 0 Å². The van der Waals surface area contributed by atoms with Gasteiger partial charge in [0.1, 0.15) is 17.0 Å². The van der Waals surface area contributed by atoms with Crippen molar-refractivity contribution in [3.8, 4) is 5.75 Å². The lowest BCUT2D eigenvalue weighted by Crippen LogP contribution is -2.53. The van der Waals surface area contributed by atoms with Gasteiger partial charge in [-0.1, -0.05) is 18.2 Å². The molecule has 0 saturated carbocycles. The Morgan fingerprint density at radius 1 is 1.37 bits per heavy atom. The number of carbonyl (C=O) groups excluding carboxylic acids is 1. The van der Waals surface area contributed by atoms with E-state index in [1.807, 2.05) is 39.0 Å². The van der Waals surface area contributed by atoms with Crippen molar-refractivity contribution in [1.82, 2.24) is 10.2 Å². The molecule has 0 aliphatic carbocycles. The maximum atomic E-state index is 12.3. The van der Waals surface area contributed by atoms with Crippen molar-refractivity contribution < 1.29 is 19.4 Å². The summed E-state index contributed by atoms with van der Waals surface area (Å²) >= 11 is 0. The summed E-state index contributed by atoms with van der Waals surface area (Å²) in [4.78, 5) is 14.1. The number of nitrogens with zero attached hydrogens (tertiary/aromatic N) is 1. The van der Waals surface area contributed by atoms with E-state index in [0.29, 0.717) is 19.6 Å². The number of amides is 1. The molecule has 0 radical (unpaired) electrons. The molecule has 2 unspecified atom stereocenters. The zero-order valence-corrected chi connectivity index (χ0v) is 16.8. The van der Waals surface area contributed by atoms with Crippen molar-refractivity contribution in [2.45, 2.75) is 70.3 Å². The average molecular weight is 376 g/mol. The maximum absolute atomic E-state index is 12.3. The molecule has 150 valence electrons. The highest BCUT2D eigenvalue weighted by Crippen LogP contribution is 2.44. The van der Waals surface area contributed by atoms with Crippen molar-refractivity contribution in [3.05, 3.63) is 29.8 Å². The van der Waals surface area contributed by atoms with Crippen LogP contribution < -0.4 is 10.1 Å². The van der Waals surface area contributed by atoms with Crippen LogP contribution in [0.1, 0.15) is 58.6 Å². The number of aliphatic hydroxyl groups is 1. The Kier molecular flexibility index (Phi) is 5.68. The van der Waals surface area contributed by atoms with Gasteiger partial charge in [-0.25, -0.2) is 4.79 Å². The van der Waals surface area contributed by atoms with E-state index in [2.05, 4.69) is 11.4 Å². The van der Waals surface area contributed by atoms with E-state index in [0.717, 1.165) is 30.6 Å². The molecule has 1 saturated heterocycles. The largest absolute Gasteiger partial charge is 0.487 e. The standard InChI is InChI=1S/C21H32N2O4/c1-15(24)14-22-17-13-21(26-18-8-6-5-7-16(17)18)9-11-23(12-10-21)19(25)27-20(2,3)4/h5-8,15,17,22,24H,9-14H2,1-4H3. The van der Waals surface area contributed by atoms with Gasteiger partial charge in [0.15, 0.2) is 0 Å². The average Bonchev–Trinajstić information content (AvgIpc) is 2.58. The smallest absolute Gasteiger partial charge is 0.410 e. The molecule has 27 heavy (non-hydrogen) atoms. The van der Waals surface area contributed by atoms with Crippen LogP contribution in [0.15, 0.2) is 24.3 Å². The van der Waals surface area contributed by atoms with Crippen molar-refractivity contribution >= 4 is 6.09 Å². The van der Waals surface area contributed by atoms with Crippen molar-refractivity contribution in [2.24, 2.45) is 0 Å². The molecule has 2 atom stereocenters. The molecule has 2 aliphatic heterocycles. The fraction of sp³-hybridized carbons (Fsp3) is 0.667. The Morgan fingerprint density at radius 3 is 2.67 bits per heavy atom. The molecule has 1 fully saturated rings. The minimum Gasteiger partial charge on any atom is -0.487 e. The monoisotopic (exact) mass is 376 g/mol. The van der Waals surface area contributed by atoms with E-state index < -0.39 is 11.7 Å². The quantitative estimate of drug-likeness (QED) is 0.847. The first-order valence-corrected chi connectivity index (χ1v) is 9.85. The normalized spacial score (nSPS) is 22.7. The molecule has 0 aromatic heterocycles. The van der Waals surface area contributed by atoms with Gasteiger partial charge in [0.25, 0.3) is 0 Å². The Bertz CT molecular complexity index is 660. The van der Waals surface area contributed by atoms with Gasteiger partial charge in [-0.2, -0.15) is 0 Å². The lowest BCUT2D eigenvalue weighted by molar-refractivity contribution is -0.0352. The summed E-state index contributed by atoms with van der Waals surface area (Å²) in [5, 5.41) is 13.1. The molecule has 6 nitrogen and oxygen atoms in total. The first-order valence-electron chi connectivity index (χ1n) is 9.85. The van der Waals surface area contributed by atoms with E-state index in [-0.39, 0.29) is 17.7 Å². The number of benzene rings is 1. The van der Waals surface area contributed by atoms with Crippen LogP contribution >= 0.6 is 0 Å². The van der Waals surface area contributed by atoms with Gasteiger partial charge < -0.3 is 24.8 Å². The molecule has 1 aromatic carbocycles. The highest BCUT2D eigenvalue weighted by molar-refractivity contribution is 5.68. The van der Waals surface area contributed by atoms with Crippen LogP contribution in [-0.2, 0) is 4.74 Å². The SMILES string of the molecule is CC(O)CNC1CC2(CCN(C(=O)OC(C)(C)C)CC2)Oc2ccccc21. The van der Waals surface area contributed by atoms with Gasteiger partial charge in [-0.05, 0) is 33.8 Å². The van der Waals surface area contributed by atoms with Gasteiger partial charge >= 0.3 is 6.09 Å². The Morgan fingerprint density at radius 2 is 2.04 bits per heavy atom. The first kappa shape index (κ1) is 20.0. The maximum Gasteiger partial charge on any atom is 0.410 e. The van der Waals surface area contributed by atoms with E-state index in [4.69, 9.17) is 9.47 Å². The topological polar surface area (TPSA) is 71.0 Å². The summed E-state index contributed by atoms with van der Waals surface area (Å²) in [6.45, 7) is 9.23. The second-order valence-corrected chi connectivity index (χ2v) is 8.80. The van der Waals surface area contributed by atoms with E-state index >= 15 is 0 Å². The van der Waals surface area contributed by atoms with Crippen LogP contribution in [0.4, 0.5) is 4.79 Å². The van der Waals surface area contributed by atoms with Crippen LogP contribution in [0.3, 0.4) is 0 Å². The van der Waals surface area contributed by atoms with Crippen LogP contribution in [0.5, 0.6) is 5.75 Å². The molecular formula is C21H32N2O4. The van der Waals surface area contributed by atoms with E-state index in [1.165, 1.54) is 0 Å². The highest BCUT2D eigenvalue weighted by Gasteiger charge is 2.44. The second-order valence-electron chi connectivity index (χ2n) is 8.80. The highest BCUT2D eigenvalue weighted by atomic mass is 16.6. The number of piperidine rings is 1. The molecular weight excluding hydrogens is 344 g/mol. The minimum atomic E-state index is -0.484. The van der Waals surface area contributed by atoms with Gasteiger partial charge in [0, 0.05) is 50.5 Å². The van der Waals surface area contributed by atoms with Gasteiger partial charge in [0.05, 0.1) is 6.10 Å². The third-order valence-electron chi connectivity index (χ3n) is 5.18. The summed E-state index contributed by atoms with van der Waals surface area (Å²) < 4.78 is 11.9. The molecule has 2 aliphatic rings. The van der Waals surface area contributed by atoms with Gasteiger partial charge in [-0.15, -0.1) is 0 Å². The van der Waals surface area contributed by atoms with Crippen LogP contribution in [0, 0.1) is 0 Å².